The zero-order valence-electron chi connectivity index (χ0n) is 9.60. The Hall–Kier alpha value is -1.09. The van der Waals surface area contributed by atoms with Crippen molar-refractivity contribution < 1.29 is 0 Å². The van der Waals surface area contributed by atoms with Crippen molar-refractivity contribution in [2.75, 3.05) is 31.1 Å². The number of anilines is 1. The molecule has 1 aromatic rings. The van der Waals surface area contributed by atoms with Crippen molar-refractivity contribution in [3.8, 4) is 0 Å². The Bertz CT molecular complexity index is 324. The van der Waals surface area contributed by atoms with Crippen LogP contribution in [0.3, 0.4) is 0 Å². The number of nitrogens with one attached hydrogen (secondary N) is 1. The lowest BCUT2D eigenvalue weighted by atomic mass is 9.92. The average molecular weight is 217 g/mol. The number of hydrogen-bond acceptors (Lipinski definition) is 3. The molecule has 0 aliphatic carbocycles. The summed E-state index contributed by atoms with van der Waals surface area (Å²) in [4.78, 5) is 6.70. The van der Waals surface area contributed by atoms with E-state index in [1.54, 1.807) is 0 Å². The molecule has 2 atom stereocenters. The van der Waals surface area contributed by atoms with Crippen molar-refractivity contribution in [3.63, 3.8) is 0 Å². The zero-order valence-corrected chi connectivity index (χ0v) is 9.60. The van der Waals surface area contributed by atoms with Crippen LogP contribution >= 0.6 is 0 Å². The highest BCUT2D eigenvalue weighted by Gasteiger charge is 2.30. The first-order chi connectivity index (χ1) is 7.93. The molecule has 3 rings (SSSR count). The molecule has 2 saturated heterocycles. The van der Waals surface area contributed by atoms with Gasteiger partial charge in [0.15, 0.2) is 0 Å². The van der Waals surface area contributed by atoms with Gasteiger partial charge in [-0.05, 0) is 49.9 Å². The Morgan fingerprint density at radius 1 is 1.19 bits per heavy atom. The Morgan fingerprint density at radius 2 is 1.94 bits per heavy atom. The van der Waals surface area contributed by atoms with Crippen LogP contribution in [-0.2, 0) is 0 Å². The van der Waals surface area contributed by atoms with Crippen LogP contribution in [0.2, 0.25) is 0 Å². The van der Waals surface area contributed by atoms with E-state index in [4.69, 9.17) is 0 Å². The second-order valence-corrected chi connectivity index (χ2v) is 4.95. The van der Waals surface area contributed by atoms with Crippen LogP contribution in [-0.4, -0.2) is 31.2 Å². The molecule has 2 fully saturated rings. The second kappa shape index (κ2) is 4.42. The van der Waals surface area contributed by atoms with E-state index < -0.39 is 0 Å². The minimum Gasteiger partial charge on any atom is -0.370 e. The molecule has 16 heavy (non-hydrogen) atoms. The van der Waals surface area contributed by atoms with Gasteiger partial charge in [0.25, 0.3) is 0 Å². The highest BCUT2D eigenvalue weighted by molar-refractivity contribution is 5.43. The number of fused-ring (bicyclic) bond motifs is 1. The first kappa shape index (κ1) is 10.1. The Morgan fingerprint density at radius 3 is 2.56 bits per heavy atom. The maximum atomic E-state index is 4.21. The molecule has 0 saturated carbocycles. The molecular formula is C13H19N3. The molecule has 3 heterocycles. The lowest BCUT2D eigenvalue weighted by Gasteiger charge is -2.22. The zero-order chi connectivity index (χ0) is 10.8. The molecule has 0 amide bonds. The summed E-state index contributed by atoms with van der Waals surface area (Å²) in [6.07, 6.45) is 6.48. The third-order valence-electron chi connectivity index (χ3n) is 4.03. The van der Waals surface area contributed by atoms with Crippen molar-refractivity contribution in [1.82, 2.24) is 10.3 Å². The van der Waals surface area contributed by atoms with Crippen molar-refractivity contribution >= 4 is 5.69 Å². The van der Waals surface area contributed by atoms with Crippen LogP contribution in [0, 0.1) is 11.8 Å². The molecule has 86 valence electrons. The average Bonchev–Trinajstić information content (AvgIpc) is 2.70. The van der Waals surface area contributed by atoms with Crippen molar-refractivity contribution in [1.29, 1.82) is 0 Å². The molecule has 3 nitrogen and oxygen atoms in total. The van der Waals surface area contributed by atoms with Crippen molar-refractivity contribution in [2.24, 2.45) is 11.8 Å². The van der Waals surface area contributed by atoms with E-state index in [9.17, 15) is 0 Å². The lowest BCUT2D eigenvalue weighted by molar-refractivity contribution is 0.409. The fourth-order valence-electron chi connectivity index (χ4n) is 3.02. The lowest BCUT2D eigenvalue weighted by Crippen LogP contribution is -2.25. The van der Waals surface area contributed by atoms with E-state index in [-0.39, 0.29) is 0 Å². The van der Waals surface area contributed by atoms with Crippen LogP contribution < -0.4 is 10.2 Å². The van der Waals surface area contributed by atoms with E-state index in [1.807, 2.05) is 18.5 Å². The van der Waals surface area contributed by atoms with Gasteiger partial charge in [0.2, 0.25) is 0 Å². The number of nitrogens with zero attached hydrogens (tertiary/aromatic N) is 2. The van der Waals surface area contributed by atoms with Gasteiger partial charge < -0.3 is 10.2 Å². The summed E-state index contributed by atoms with van der Waals surface area (Å²) in [5, 5.41) is 3.52. The number of aromatic nitrogens is 1. The van der Waals surface area contributed by atoms with Crippen LogP contribution in [0.25, 0.3) is 0 Å². The van der Waals surface area contributed by atoms with Gasteiger partial charge in [-0.3, -0.25) is 4.98 Å². The maximum Gasteiger partial charge on any atom is 0.0552 e. The summed E-state index contributed by atoms with van der Waals surface area (Å²) in [5.41, 5.74) is 1.29. The summed E-state index contributed by atoms with van der Waals surface area (Å²) < 4.78 is 0. The van der Waals surface area contributed by atoms with Gasteiger partial charge in [-0.25, -0.2) is 0 Å². The van der Waals surface area contributed by atoms with Crippen molar-refractivity contribution in [2.45, 2.75) is 12.8 Å². The van der Waals surface area contributed by atoms with Gasteiger partial charge in [0.05, 0.1) is 11.9 Å². The number of pyridine rings is 1. The van der Waals surface area contributed by atoms with E-state index in [2.05, 4.69) is 21.3 Å². The van der Waals surface area contributed by atoms with Gasteiger partial charge in [-0.15, -0.1) is 0 Å². The molecule has 0 aromatic carbocycles. The largest absolute Gasteiger partial charge is 0.370 e. The van der Waals surface area contributed by atoms with Gasteiger partial charge in [0.1, 0.15) is 0 Å². The topological polar surface area (TPSA) is 28.2 Å². The second-order valence-electron chi connectivity index (χ2n) is 4.95. The molecule has 1 N–H and O–H groups in total. The minimum atomic E-state index is 0.904. The maximum absolute atomic E-state index is 4.21. The predicted octanol–water partition coefficient (Wildman–Crippen LogP) is 1.52. The molecule has 3 heteroatoms. The van der Waals surface area contributed by atoms with E-state index in [0.29, 0.717) is 0 Å². The van der Waals surface area contributed by atoms with Gasteiger partial charge >= 0.3 is 0 Å². The van der Waals surface area contributed by atoms with Gasteiger partial charge in [-0.2, -0.15) is 0 Å². The van der Waals surface area contributed by atoms with Crippen LogP contribution in [0.1, 0.15) is 12.8 Å². The van der Waals surface area contributed by atoms with E-state index in [0.717, 1.165) is 11.8 Å². The van der Waals surface area contributed by atoms with Crippen LogP contribution in [0.5, 0.6) is 0 Å². The van der Waals surface area contributed by atoms with E-state index in [1.165, 1.54) is 44.7 Å². The monoisotopic (exact) mass is 217 g/mol. The van der Waals surface area contributed by atoms with E-state index >= 15 is 0 Å². The predicted molar refractivity (Wildman–Crippen MR) is 65.5 cm³/mol. The van der Waals surface area contributed by atoms with Gasteiger partial charge in [-0.1, -0.05) is 0 Å². The molecule has 0 radical (unpaired) electrons. The summed E-state index contributed by atoms with van der Waals surface area (Å²) in [6, 6.07) is 4.20. The summed E-state index contributed by atoms with van der Waals surface area (Å²) in [6.45, 7) is 4.83. The molecule has 0 spiro atoms. The highest BCUT2D eigenvalue weighted by Crippen LogP contribution is 2.28. The Balaban J connectivity index is 1.71. The fraction of sp³-hybridized carbons (Fsp3) is 0.615. The highest BCUT2D eigenvalue weighted by atomic mass is 15.1. The molecular weight excluding hydrogens is 198 g/mol. The number of hydrogen-bond donors (Lipinski definition) is 1. The molecule has 1 aromatic heterocycles. The molecule has 0 bridgehead atoms. The third kappa shape index (κ3) is 1.92. The summed E-state index contributed by atoms with van der Waals surface area (Å²) in [5.74, 6) is 1.81. The van der Waals surface area contributed by atoms with Crippen molar-refractivity contribution in [3.05, 3.63) is 24.5 Å². The summed E-state index contributed by atoms with van der Waals surface area (Å²) >= 11 is 0. The minimum absolute atomic E-state index is 0.904. The summed E-state index contributed by atoms with van der Waals surface area (Å²) in [7, 11) is 0. The van der Waals surface area contributed by atoms with Crippen LogP contribution in [0.15, 0.2) is 24.5 Å². The smallest absolute Gasteiger partial charge is 0.0552 e. The Kier molecular flexibility index (Phi) is 2.79. The first-order valence-electron chi connectivity index (χ1n) is 6.29. The molecule has 2 aliphatic rings. The standard InChI is InChI=1S/C13H19N3/c1-2-13(10-14-5-1)16-6-3-11-8-15-9-12(11)4-7-16/h1-2,5,10-12,15H,3-4,6-9H2. The SMILES string of the molecule is c1cncc(N2CCC3CNCC3CC2)c1. The first-order valence-corrected chi connectivity index (χ1v) is 6.29. The molecule has 2 aliphatic heterocycles. The fourth-order valence-corrected chi connectivity index (χ4v) is 3.02. The quantitative estimate of drug-likeness (QED) is 0.773. The van der Waals surface area contributed by atoms with Crippen LogP contribution in [0.4, 0.5) is 5.69 Å². The van der Waals surface area contributed by atoms with Gasteiger partial charge in [0, 0.05) is 19.3 Å². The third-order valence-corrected chi connectivity index (χ3v) is 4.03. The molecule has 2 unspecified atom stereocenters. The normalized spacial score (nSPS) is 29.9. The number of rotatable bonds is 1. The Labute approximate surface area is 96.9 Å².